The molecule has 1 aliphatic heterocycles. The molecule has 1 unspecified atom stereocenters. The van der Waals surface area contributed by atoms with Crippen LogP contribution in [0.3, 0.4) is 0 Å². The lowest BCUT2D eigenvalue weighted by Gasteiger charge is -2.38. The summed E-state index contributed by atoms with van der Waals surface area (Å²) in [6, 6.07) is 22.5. The van der Waals surface area contributed by atoms with Gasteiger partial charge in [-0.1, -0.05) is 60.7 Å². The lowest BCUT2D eigenvalue weighted by atomic mass is 9.97. The molecule has 0 radical (unpaired) electrons. The van der Waals surface area contributed by atoms with Crippen LogP contribution in [0.1, 0.15) is 28.7 Å². The van der Waals surface area contributed by atoms with E-state index in [0.29, 0.717) is 13.2 Å². The molecule has 154 valence electrons. The molecular formula is C26H27NO3. The highest BCUT2D eigenvalue weighted by Crippen LogP contribution is 2.28. The Balaban J connectivity index is 1.44. The molecule has 1 heterocycles. The van der Waals surface area contributed by atoms with Crippen molar-refractivity contribution in [1.29, 1.82) is 0 Å². The third kappa shape index (κ3) is 4.24. The Morgan fingerprint density at radius 1 is 1.07 bits per heavy atom. The number of nitrogens with zero attached hydrogens (tertiary/aromatic N) is 1. The quantitative estimate of drug-likeness (QED) is 0.591. The predicted molar refractivity (Wildman–Crippen MR) is 119 cm³/mol. The van der Waals surface area contributed by atoms with Gasteiger partial charge in [-0.2, -0.15) is 0 Å². The number of benzene rings is 3. The normalized spacial score (nSPS) is 16.1. The molecule has 0 aliphatic carbocycles. The fourth-order valence-electron chi connectivity index (χ4n) is 4.04. The van der Waals surface area contributed by atoms with Crippen molar-refractivity contribution >= 4 is 5.97 Å². The van der Waals surface area contributed by atoms with Crippen molar-refractivity contribution in [3.63, 3.8) is 0 Å². The van der Waals surface area contributed by atoms with E-state index in [1.165, 1.54) is 22.3 Å². The first-order valence-electron chi connectivity index (χ1n) is 10.4. The van der Waals surface area contributed by atoms with E-state index in [4.69, 9.17) is 4.74 Å². The SMILES string of the molecule is Cc1cc(CN2CCC2C(=O)O)ccc1OCc1cccc(-c2ccccc2)c1C. The van der Waals surface area contributed by atoms with Crippen molar-refractivity contribution in [3.05, 3.63) is 89.0 Å². The number of aliphatic carboxylic acids is 1. The van der Waals surface area contributed by atoms with Crippen molar-refractivity contribution in [2.24, 2.45) is 0 Å². The monoisotopic (exact) mass is 401 g/mol. The number of carboxylic acid groups (broad SMARTS) is 1. The molecule has 4 heteroatoms. The van der Waals surface area contributed by atoms with E-state index in [9.17, 15) is 9.90 Å². The van der Waals surface area contributed by atoms with Gasteiger partial charge >= 0.3 is 5.97 Å². The Kier molecular flexibility index (Phi) is 5.86. The Bertz CT molecular complexity index is 1050. The molecule has 0 saturated carbocycles. The van der Waals surface area contributed by atoms with Crippen molar-refractivity contribution in [2.45, 2.75) is 39.5 Å². The van der Waals surface area contributed by atoms with Crippen LogP contribution in [0.25, 0.3) is 11.1 Å². The van der Waals surface area contributed by atoms with Gasteiger partial charge in [-0.3, -0.25) is 9.69 Å². The predicted octanol–water partition coefficient (Wildman–Crippen LogP) is 5.21. The number of hydrogen-bond donors (Lipinski definition) is 1. The summed E-state index contributed by atoms with van der Waals surface area (Å²) >= 11 is 0. The van der Waals surface area contributed by atoms with Crippen LogP contribution in [0.2, 0.25) is 0 Å². The molecule has 4 rings (SSSR count). The Morgan fingerprint density at radius 2 is 1.87 bits per heavy atom. The van der Waals surface area contributed by atoms with Crippen molar-refractivity contribution in [3.8, 4) is 16.9 Å². The second-order valence-electron chi connectivity index (χ2n) is 7.96. The summed E-state index contributed by atoms with van der Waals surface area (Å²) in [5, 5.41) is 9.21. The maximum Gasteiger partial charge on any atom is 0.320 e. The van der Waals surface area contributed by atoms with Gasteiger partial charge in [-0.05, 0) is 59.7 Å². The van der Waals surface area contributed by atoms with E-state index in [-0.39, 0.29) is 6.04 Å². The molecule has 1 N–H and O–H groups in total. The van der Waals surface area contributed by atoms with Crippen LogP contribution >= 0.6 is 0 Å². The first-order chi connectivity index (χ1) is 14.5. The smallest absolute Gasteiger partial charge is 0.320 e. The third-order valence-electron chi connectivity index (χ3n) is 5.95. The minimum atomic E-state index is -0.731. The molecule has 1 atom stereocenters. The molecule has 30 heavy (non-hydrogen) atoms. The first-order valence-corrected chi connectivity index (χ1v) is 10.4. The summed E-state index contributed by atoms with van der Waals surface area (Å²) in [6.45, 7) is 6.20. The summed E-state index contributed by atoms with van der Waals surface area (Å²) in [6.07, 6.45) is 0.733. The second kappa shape index (κ2) is 8.72. The number of ether oxygens (including phenoxy) is 1. The fourth-order valence-corrected chi connectivity index (χ4v) is 4.04. The van der Waals surface area contributed by atoms with Gasteiger partial charge < -0.3 is 9.84 Å². The average molecular weight is 402 g/mol. The lowest BCUT2D eigenvalue weighted by molar-refractivity contribution is -0.148. The number of carboxylic acids is 1. The standard InChI is InChI=1S/C26H27NO3/c1-18-15-20(16-27-14-13-24(27)26(28)29)11-12-25(18)30-17-22-9-6-10-23(19(22)2)21-7-4-3-5-8-21/h3-12,15,24H,13-14,16-17H2,1-2H3,(H,28,29). The van der Waals surface area contributed by atoms with Crippen LogP contribution in [0.4, 0.5) is 0 Å². The minimum absolute atomic E-state index is 0.346. The number of likely N-dealkylation sites (tertiary alicyclic amines) is 1. The van der Waals surface area contributed by atoms with E-state index in [1.54, 1.807) is 0 Å². The van der Waals surface area contributed by atoms with E-state index in [1.807, 2.05) is 30.0 Å². The zero-order valence-corrected chi connectivity index (χ0v) is 17.5. The molecular weight excluding hydrogens is 374 g/mol. The molecule has 1 saturated heterocycles. The molecule has 0 aromatic heterocycles. The largest absolute Gasteiger partial charge is 0.489 e. The number of aryl methyl sites for hydroxylation is 1. The number of carbonyl (C=O) groups is 1. The molecule has 0 amide bonds. The summed E-state index contributed by atoms with van der Waals surface area (Å²) in [4.78, 5) is 13.2. The summed E-state index contributed by atoms with van der Waals surface area (Å²) in [7, 11) is 0. The summed E-state index contributed by atoms with van der Waals surface area (Å²) in [5.41, 5.74) is 7.03. The highest BCUT2D eigenvalue weighted by molar-refractivity contribution is 5.74. The van der Waals surface area contributed by atoms with Crippen LogP contribution in [0, 0.1) is 13.8 Å². The molecule has 3 aromatic carbocycles. The van der Waals surface area contributed by atoms with Gasteiger partial charge in [0.1, 0.15) is 18.4 Å². The average Bonchev–Trinajstić information content (AvgIpc) is 2.71. The third-order valence-corrected chi connectivity index (χ3v) is 5.95. The van der Waals surface area contributed by atoms with Gasteiger partial charge in [0.25, 0.3) is 0 Å². The van der Waals surface area contributed by atoms with E-state index in [2.05, 4.69) is 55.5 Å². The number of rotatable bonds is 7. The molecule has 0 spiro atoms. The zero-order valence-electron chi connectivity index (χ0n) is 17.5. The van der Waals surface area contributed by atoms with Crippen LogP contribution < -0.4 is 4.74 Å². The zero-order chi connectivity index (χ0) is 21.1. The summed E-state index contributed by atoms with van der Waals surface area (Å²) < 4.78 is 6.15. The molecule has 1 aliphatic rings. The Morgan fingerprint density at radius 3 is 2.53 bits per heavy atom. The van der Waals surface area contributed by atoms with Crippen molar-refractivity contribution in [2.75, 3.05) is 6.54 Å². The second-order valence-corrected chi connectivity index (χ2v) is 7.96. The van der Waals surface area contributed by atoms with Crippen LogP contribution in [-0.2, 0) is 17.9 Å². The molecule has 0 bridgehead atoms. The van der Waals surface area contributed by atoms with Crippen molar-refractivity contribution in [1.82, 2.24) is 4.90 Å². The summed E-state index contributed by atoms with van der Waals surface area (Å²) in [5.74, 6) is 0.132. The van der Waals surface area contributed by atoms with E-state index < -0.39 is 5.97 Å². The fraction of sp³-hybridized carbons (Fsp3) is 0.269. The number of hydrogen-bond acceptors (Lipinski definition) is 3. The molecule has 1 fully saturated rings. The van der Waals surface area contributed by atoms with E-state index >= 15 is 0 Å². The Hall–Kier alpha value is -3.11. The van der Waals surface area contributed by atoms with Crippen LogP contribution in [0.15, 0.2) is 66.7 Å². The highest BCUT2D eigenvalue weighted by Gasteiger charge is 2.33. The van der Waals surface area contributed by atoms with Crippen LogP contribution in [-0.4, -0.2) is 28.6 Å². The highest BCUT2D eigenvalue weighted by atomic mass is 16.5. The van der Waals surface area contributed by atoms with Crippen molar-refractivity contribution < 1.29 is 14.6 Å². The molecule has 4 nitrogen and oxygen atoms in total. The molecule has 3 aromatic rings. The van der Waals surface area contributed by atoms with Gasteiger partial charge in [0.05, 0.1) is 0 Å². The van der Waals surface area contributed by atoms with E-state index in [0.717, 1.165) is 29.8 Å². The topological polar surface area (TPSA) is 49.8 Å². The van der Waals surface area contributed by atoms with Gasteiger partial charge in [0.2, 0.25) is 0 Å². The van der Waals surface area contributed by atoms with Gasteiger partial charge in [-0.25, -0.2) is 0 Å². The minimum Gasteiger partial charge on any atom is -0.489 e. The Labute approximate surface area is 177 Å². The lowest BCUT2D eigenvalue weighted by Crippen LogP contribution is -2.51. The van der Waals surface area contributed by atoms with Gasteiger partial charge in [-0.15, -0.1) is 0 Å². The maximum absolute atomic E-state index is 11.2. The first kappa shape index (κ1) is 20.2. The van der Waals surface area contributed by atoms with Gasteiger partial charge in [0.15, 0.2) is 0 Å². The maximum atomic E-state index is 11.2. The van der Waals surface area contributed by atoms with Gasteiger partial charge in [0, 0.05) is 13.1 Å². The van der Waals surface area contributed by atoms with Crippen LogP contribution in [0.5, 0.6) is 5.75 Å².